The van der Waals surface area contributed by atoms with Crippen molar-refractivity contribution >= 4 is 39.8 Å². The highest BCUT2D eigenvalue weighted by molar-refractivity contribution is 8.18. The molecule has 1 aliphatic rings. The average molecular weight is 361 g/mol. The van der Waals surface area contributed by atoms with E-state index in [0.717, 1.165) is 22.9 Å². The first-order valence-electron chi connectivity index (χ1n) is 8.13. The molecular formula is C21H15NO3S. The molecule has 1 fully saturated rings. The molecule has 1 heterocycles. The van der Waals surface area contributed by atoms with Crippen molar-refractivity contribution in [3.05, 3.63) is 82.8 Å². The van der Waals surface area contributed by atoms with E-state index >= 15 is 0 Å². The van der Waals surface area contributed by atoms with E-state index in [1.54, 1.807) is 6.08 Å². The van der Waals surface area contributed by atoms with Crippen LogP contribution < -0.4 is 10.1 Å². The maximum atomic E-state index is 11.7. The molecule has 5 heteroatoms. The number of amides is 2. The van der Waals surface area contributed by atoms with Gasteiger partial charge in [0.1, 0.15) is 12.4 Å². The highest BCUT2D eigenvalue weighted by Gasteiger charge is 2.24. The Kier molecular flexibility index (Phi) is 4.46. The van der Waals surface area contributed by atoms with Crippen LogP contribution in [0.2, 0.25) is 0 Å². The number of hydrogen-bond acceptors (Lipinski definition) is 4. The van der Waals surface area contributed by atoms with Gasteiger partial charge in [-0.25, -0.2) is 0 Å². The van der Waals surface area contributed by atoms with Crippen molar-refractivity contribution in [1.82, 2.24) is 5.32 Å². The van der Waals surface area contributed by atoms with Gasteiger partial charge in [0.2, 0.25) is 0 Å². The van der Waals surface area contributed by atoms with Gasteiger partial charge in [-0.05, 0) is 51.9 Å². The molecule has 0 radical (unpaired) electrons. The predicted octanol–water partition coefficient (Wildman–Crippen LogP) is 4.74. The van der Waals surface area contributed by atoms with Crippen LogP contribution in [0.5, 0.6) is 5.75 Å². The molecule has 0 atom stereocenters. The second kappa shape index (κ2) is 7.06. The van der Waals surface area contributed by atoms with Crippen molar-refractivity contribution in [1.29, 1.82) is 0 Å². The monoisotopic (exact) mass is 361 g/mol. The van der Waals surface area contributed by atoms with Gasteiger partial charge in [0.15, 0.2) is 0 Å². The highest BCUT2D eigenvalue weighted by Crippen LogP contribution is 2.27. The molecule has 4 rings (SSSR count). The number of imide groups is 1. The lowest BCUT2D eigenvalue weighted by atomic mass is 10.1. The minimum Gasteiger partial charge on any atom is -0.489 e. The molecule has 0 spiro atoms. The third-order valence-electron chi connectivity index (χ3n) is 4.07. The average Bonchev–Trinajstić information content (AvgIpc) is 2.97. The van der Waals surface area contributed by atoms with Crippen LogP contribution in [0, 0.1) is 0 Å². The molecule has 0 aliphatic carbocycles. The Morgan fingerprint density at radius 1 is 0.962 bits per heavy atom. The molecule has 1 aliphatic heterocycles. The van der Waals surface area contributed by atoms with Crippen LogP contribution in [-0.2, 0) is 11.4 Å². The molecule has 0 saturated carbocycles. The summed E-state index contributed by atoms with van der Waals surface area (Å²) in [4.78, 5) is 23.3. The maximum absolute atomic E-state index is 11.7. The molecule has 3 aromatic carbocycles. The number of nitrogens with one attached hydrogen (secondary N) is 1. The van der Waals surface area contributed by atoms with Gasteiger partial charge in [0.25, 0.3) is 11.1 Å². The van der Waals surface area contributed by atoms with Crippen molar-refractivity contribution in [2.75, 3.05) is 0 Å². The van der Waals surface area contributed by atoms with Gasteiger partial charge < -0.3 is 4.74 Å². The van der Waals surface area contributed by atoms with Crippen LogP contribution >= 0.6 is 11.8 Å². The van der Waals surface area contributed by atoms with Crippen LogP contribution in [0.1, 0.15) is 11.1 Å². The lowest BCUT2D eigenvalue weighted by Crippen LogP contribution is -2.17. The Balaban J connectivity index is 1.53. The first-order chi connectivity index (χ1) is 12.7. The van der Waals surface area contributed by atoms with Gasteiger partial charge in [-0.1, -0.05) is 54.6 Å². The molecule has 0 aromatic heterocycles. The summed E-state index contributed by atoms with van der Waals surface area (Å²) < 4.78 is 5.95. The molecule has 1 N–H and O–H groups in total. The number of ether oxygens (including phenoxy) is 1. The quantitative estimate of drug-likeness (QED) is 0.682. The second-order valence-electron chi connectivity index (χ2n) is 5.85. The summed E-state index contributed by atoms with van der Waals surface area (Å²) in [6.07, 6.45) is 1.69. The number of fused-ring (bicyclic) bond motifs is 1. The van der Waals surface area contributed by atoms with Gasteiger partial charge in [0, 0.05) is 0 Å². The summed E-state index contributed by atoms with van der Waals surface area (Å²) in [5.41, 5.74) is 1.93. The minimum atomic E-state index is -0.359. The van der Waals surface area contributed by atoms with Gasteiger partial charge in [0.05, 0.1) is 4.91 Å². The van der Waals surface area contributed by atoms with E-state index in [1.165, 1.54) is 10.8 Å². The zero-order valence-electron chi connectivity index (χ0n) is 13.8. The molecule has 0 bridgehead atoms. The van der Waals surface area contributed by atoms with Crippen molar-refractivity contribution in [2.24, 2.45) is 0 Å². The number of thioether (sulfide) groups is 1. The summed E-state index contributed by atoms with van der Waals surface area (Å²) in [5, 5.41) is 4.26. The van der Waals surface area contributed by atoms with Crippen LogP contribution in [0.15, 0.2) is 71.6 Å². The first-order valence-corrected chi connectivity index (χ1v) is 8.95. The Morgan fingerprint density at radius 3 is 2.62 bits per heavy atom. The van der Waals surface area contributed by atoms with E-state index in [1.807, 2.05) is 42.5 Å². The van der Waals surface area contributed by atoms with Gasteiger partial charge in [-0.2, -0.15) is 0 Å². The van der Waals surface area contributed by atoms with E-state index in [0.29, 0.717) is 17.3 Å². The van der Waals surface area contributed by atoms with Gasteiger partial charge in [-0.3, -0.25) is 14.9 Å². The fourth-order valence-corrected chi connectivity index (χ4v) is 3.53. The number of carbonyl (C=O) groups excluding carboxylic acids is 2. The third-order valence-corrected chi connectivity index (χ3v) is 4.88. The number of carbonyl (C=O) groups is 2. The van der Waals surface area contributed by atoms with E-state index in [9.17, 15) is 9.59 Å². The van der Waals surface area contributed by atoms with Crippen molar-refractivity contribution < 1.29 is 14.3 Å². The maximum Gasteiger partial charge on any atom is 0.290 e. The topological polar surface area (TPSA) is 55.4 Å². The Bertz CT molecular complexity index is 1040. The molecule has 26 heavy (non-hydrogen) atoms. The van der Waals surface area contributed by atoms with Crippen LogP contribution in [-0.4, -0.2) is 11.1 Å². The SMILES string of the molecule is O=C1NC(=O)/C(=C/c2cccc(OCc3cccc4ccccc34)c2)S1. The third kappa shape index (κ3) is 3.48. The zero-order chi connectivity index (χ0) is 17.9. The highest BCUT2D eigenvalue weighted by atomic mass is 32.2. The smallest absolute Gasteiger partial charge is 0.290 e. The largest absolute Gasteiger partial charge is 0.489 e. The molecule has 1 saturated heterocycles. The second-order valence-corrected chi connectivity index (χ2v) is 6.87. The summed E-state index contributed by atoms with van der Waals surface area (Å²) in [5.74, 6) is 0.351. The number of rotatable bonds is 4. The van der Waals surface area contributed by atoms with Crippen molar-refractivity contribution in [3.8, 4) is 5.75 Å². The summed E-state index contributed by atoms with van der Waals surface area (Å²) in [6, 6.07) is 21.8. The normalized spacial score (nSPS) is 15.5. The van der Waals surface area contributed by atoms with Crippen LogP contribution in [0.25, 0.3) is 16.8 Å². The molecule has 128 valence electrons. The Hall–Kier alpha value is -3.05. The number of hydrogen-bond donors (Lipinski definition) is 1. The lowest BCUT2D eigenvalue weighted by molar-refractivity contribution is -0.115. The van der Waals surface area contributed by atoms with E-state index in [-0.39, 0.29) is 11.1 Å². The van der Waals surface area contributed by atoms with E-state index in [4.69, 9.17) is 4.74 Å². The number of benzene rings is 3. The van der Waals surface area contributed by atoms with Crippen molar-refractivity contribution in [2.45, 2.75) is 6.61 Å². The molecular weight excluding hydrogens is 346 g/mol. The lowest BCUT2D eigenvalue weighted by Gasteiger charge is -2.09. The van der Waals surface area contributed by atoms with Crippen molar-refractivity contribution in [3.63, 3.8) is 0 Å². The summed E-state index contributed by atoms with van der Waals surface area (Å²) >= 11 is 0.907. The van der Waals surface area contributed by atoms with E-state index in [2.05, 4.69) is 29.6 Å². The summed E-state index contributed by atoms with van der Waals surface area (Å²) in [6.45, 7) is 0.453. The molecule has 4 nitrogen and oxygen atoms in total. The minimum absolute atomic E-state index is 0.343. The van der Waals surface area contributed by atoms with Gasteiger partial charge >= 0.3 is 0 Å². The molecule has 3 aromatic rings. The molecule has 2 amide bonds. The van der Waals surface area contributed by atoms with E-state index < -0.39 is 0 Å². The first kappa shape index (κ1) is 16.4. The summed E-state index contributed by atoms with van der Waals surface area (Å²) in [7, 11) is 0. The van der Waals surface area contributed by atoms with Crippen LogP contribution in [0.4, 0.5) is 4.79 Å². The predicted molar refractivity (Wildman–Crippen MR) is 104 cm³/mol. The Labute approximate surface area is 154 Å². The zero-order valence-corrected chi connectivity index (χ0v) is 14.6. The van der Waals surface area contributed by atoms with Gasteiger partial charge in [-0.15, -0.1) is 0 Å². The fourth-order valence-electron chi connectivity index (χ4n) is 2.85. The molecule has 0 unspecified atom stereocenters. The van der Waals surface area contributed by atoms with Crippen LogP contribution in [0.3, 0.4) is 0 Å². The standard InChI is InChI=1S/C21H15NO3S/c23-20-19(26-21(24)22-20)12-14-5-3-9-17(11-14)25-13-16-8-4-7-15-6-1-2-10-18(15)16/h1-12H,13H2,(H,22,23,24)/b19-12-. The Morgan fingerprint density at radius 2 is 1.77 bits per heavy atom. The fraction of sp³-hybridized carbons (Fsp3) is 0.0476.